The molecule has 0 aliphatic heterocycles. The van der Waals surface area contributed by atoms with Crippen LogP contribution in [-0.2, 0) is 6.42 Å². The van der Waals surface area contributed by atoms with Crippen LogP contribution in [0.25, 0.3) is 0 Å². The second-order valence-corrected chi connectivity index (χ2v) is 5.55. The minimum Gasteiger partial charge on any atom is -0.373 e. The van der Waals surface area contributed by atoms with Crippen LogP contribution >= 0.6 is 0 Å². The Labute approximate surface area is 121 Å². The van der Waals surface area contributed by atoms with Crippen molar-refractivity contribution in [3.63, 3.8) is 0 Å². The molecule has 0 bridgehead atoms. The molecule has 0 unspecified atom stereocenters. The Hall–Kier alpha value is -1.90. The summed E-state index contributed by atoms with van der Waals surface area (Å²) in [6.45, 7) is 8.51. The lowest BCUT2D eigenvalue weighted by Gasteiger charge is -2.15. The summed E-state index contributed by atoms with van der Waals surface area (Å²) < 4.78 is 0. The van der Waals surface area contributed by atoms with Crippen molar-refractivity contribution in [3.8, 4) is 0 Å². The van der Waals surface area contributed by atoms with E-state index in [1.54, 1.807) is 0 Å². The zero-order valence-electron chi connectivity index (χ0n) is 13.0. The number of anilines is 1. The summed E-state index contributed by atoms with van der Waals surface area (Å²) in [4.78, 5) is 9.34. The molecule has 1 aromatic carbocycles. The first-order valence-electron chi connectivity index (χ1n) is 7.12. The standard InChI is InChI=1S/C17H23N3/c1-11(2)16-13(4)19-15(20-17(16)18-5)10-14-8-6-12(3)7-9-14/h6-9,11H,10H2,1-5H3,(H,18,19,20). The predicted molar refractivity (Wildman–Crippen MR) is 84.4 cm³/mol. The van der Waals surface area contributed by atoms with Gasteiger partial charge >= 0.3 is 0 Å². The lowest BCUT2D eigenvalue weighted by atomic mass is 10.0. The van der Waals surface area contributed by atoms with Crippen LogP contribution in [0.4, 0.5) is 5.82 Å². The van der Waals surface area contributed by atoms with Crippen molar-refractivity contribution >= 4 is 5.82 Å². The largest absolute Gasteiger partial charge is 0.373 e. The molecule has 3 heteroatoms. The Morgan fingerprint density at radius 3 is 2.25 bits per heavy atom. The monoisotopic (exact) mass is 269 g/mol. The number of aromatic nitrogens is 2. The molecule has 3 nitrogen and oxygen atoms in total. The van der Waals surface area contributed by atoms with Crippen molar-refractivity contribution in [2.24, 2.45) is 0 Å². The van der Waals surface area contributed by atoms with Gasteiger partial charge in [0, 0.05) is 24.7 Å². The molecule has 0 amide bonds. The molecular weight excluding hydrogens is 246 g/mol. The summed E-state index contributed by atoms with van der Waals surface area (Å²) in [5.74, 6) is 2.25. The SMILES string of the molecule is CNc1nc(Cc2ccc(C)cc2)nc(C)c1C(C)C. The summed E-state index contributed by atoms with van der Waals surface area (Å²) in [5.41, 5.74) is 4.80. The maximum atomic E-state index is 4.67. The van der Waals surface area contributed by atoms with E-state index in [2.05, 4.69) is 67.2 Å². The molecule has 1 N–H and O–H groups in total. The summed E-state index contributed by atoms with van der Waals surface area (Å²) >= 11 is 0. The maximum absolute atomic E-state index is 4.67. The summed E-state index contributed by atoms with van der Waals surface area (Å²) in [6, 6.07) is 8.54. The molecule has 0 saturated carbocycles. The smallest absolute Gasteiger partial charge is 0.135 e. The zero-order valence-corrected chi connectivity index (χ0v) is 13.0. The van der Waals surface area contributed by atoms with Crippen molar-refractivity contribution in [3.05, 3.63) is 52.5 Å². The van der Waals surface area contributed by atoms with Gasteiger partial charge < -0.3 is 5.32 Å². The number of aryl methyl sites for hydroxylation is 2. The highest BCUT2D eigenvalue weighted by molar-refractivity contribution is 5.48. The molecule has 2 rings (SSSR count). The van der Waals surface area contributed by atoms with Gasteiger partial charge in [-0.15, -0.1) is 0 Å². The highest BCUT2D eigenvalue weighted by atomic mass is 15.0. The topological polar surface area (TPSA) is 37.8 Å². The fraction of sp³-hybridized carbons (Fsp3) is 0.412. The van der Waals surface area contributed by atoms with E-state index in [0.29, 0.717) is 5.92 Å². The van der Waals surface area contributed by atoms with Crippen molar-refractivity contribution in [2.45, 2.75) is 40.0 Å². The molecule has 0 aliphatic carbocycles. The lowest BCUT2D eigenvalue weighted by molar-refractivity contribution is 0.814. The Bertz CT molecular complexity index is 586. The normalized spacial score (nSPS) is 10.9. The molecule has 2 aromatic rings. The molecule has 1 heterocycles. The van der Waals surface area contributed by atoms with Gasteiger partial charge in [-0.1, -0.05) is 43.7 Å². The minimum absolute atomic E-state index is 0.422. The van der Waals surface area contributed by atoms with Crippen molar-refractivity contribution in [1.29, 1.82) is 0 Å². The van der Waals surface area contributed by atoms with E-state index in [-0.39, 0.29) is 0 Å². The van der Waals surface area contributed by atoms with Crippen molar-refractivity contribution in [1.82, 2.24) is 9.97 Å². The molecule has 0 fully saturated rings. The molecule has 20 heavy (non-hydrogen) atoms. The molecule has 0 saturated heterocycles. The van der Waals surface area contributed by atoms with Crippen LogP contribution < -0.4 is 5.32 Å². The van der Waals surface area contributed by atoms with Gasteiger partial charge in [0.25, 0.3) is 0 Å². The molecule has 106 valence electrons. The Kier molecular flexibility index (Phi) is 4.38. The van der Waals surface area contributed by atoms with Gasteiger partial charge in [-0.2, -0.15) is 0 Å². The van der Waals surface area contributed by atoms with E-state index in [9.17, 15) is 0 Å². The Morgan fingerprint density at radius 2 is 1.70 bits per heavy atom. The molecule has 1 aromatic heterocycles. The number of hydrogen-bond acceptors (Lipinski definition) is 3. The van der Waals surface area contributed by atoms with Gasteiger partial charge in [-0.25, -0.2) is 9.97 Å². The van der Waals surface area contributed by atoms with Crippen LogP contribution in [0.15, 0.2) is 24.3 Å². The zero-order chi connectivity index (χ0) is 14.7. The lowest BCUT2D eigenvalue weighted by Crippen LogP contribution is -2.09. The number of rotatable bonds is 4. The van der Waals surface area contributed by atoms with Crippen LogP contribution in [0, 0.1) is 13.8 Å². The van der Waals surface area contributed by atoms with Crippen LogP contribution in [0.3, 0.4) is 0 Å². The van der Waals surface area contributed by atoms with E-state index in [1.807, 2.05) is 7.05 Å². The van der Waals surface area contributed by atoms with E-state index < -0.39 is 0 Å². The Balaban J connectivity index is 2.33. The van der Waals surface area contributed by atoms with E-state index in [4.69, 9.17) is 0 Å². The molecule has 0 spiro atoms. The Morgan fingerprint density at radius 1 is 1.05 bits per heavy atom. The van der Waals surface area contributed by atoms with E-state index in [1.165, 1.54) is 16.7 Å². The fourth-order valence-corrected chi connectivity index (χ4v) is 2.49. The highest BCUT2D eigenvalue weighted by Crippen LogP contribution is 2.25. The van der Waals surface area contributed by atoms with Crippen LogP contribution in [0.2, 0.25) is 0 Å². The van der Waals surface area contributed by atoms with Gasteiger partial charge in [0.2, 0.25) is 0 Å². The van der Waals surface area contributed by atoms with E-state index >= 15 is 0 Å². The third-order valence-corrected chi connectivity index (χ3v) is 3.48. The summed E-state index contributed by atoms with van der Waals surface area (Å²) in [6.07, 6.45) is 0.772. The molecule has 0 radical (unpaired) electrons. The first kappa shape index (κ1) is 14.5. The van der Waals surface area contributed by atoms with Crippen LogP contribution in [0.5, 0.6) is 0 Å². The van der Waals surface area contributed by atoms with Crippen LogP contribution in [-0.4, -0.2) is 17.0 Å². The molecule has 0 atom stereocenters. The number of benzene rings is 1. The second-order valence-electron chi connectivity index (χ2n) is 5.55. The third kappa shape index (κ3) is 3.16. The third-order valence-electron chi connectivity index (χ3n) is 3.48. The van der Waals surface area contributed by atoms with Gasteiger partial charge in [0.1, 0.15) is 11.6 Å². The van der Waals surface area contributed by atoms with Gasteiger partial charge in [-0.3, -0.25) is 0 Å². The average molecular weight is 269 g/mol. The van der Waals surface area contributed by atoms with Gasteiger partial charge in [0.05, 0.1) is 0 Å². The minimum atomic E-state index is 0.422. The fourth-order valence-electron chi connectivity index (χ4n) is 2.49. The van der Waals surface area contributed by atoms with Gasteiger partial charge in [0.15, 0.2) is 0 Å². The first-order chi connectivity index (χ1) is 9.51. The quantitative estimate of drug-likeness (QED) is 0.916. The van der Waals surface area contributed by atoms with Crippen molar-refractivity contribution in [2.75, 3.05) is 12.4 Å². The van der Waals surface area contributed by atoms with E-state index in [0.717, 1.165) is 23.8 Å². The number of nitrogens with one attached hydrogen (secondary N) is 1. The number of hydrogen-bond donors (Lipinski definition) is 1. The summed E-state index contributed by atoms with van der Waals surface area (Å²) in [7, 11) is 1.92. The van der Waals surface area contributed by atoms with Crippen molar-refractivity contribution < 1.29 is 0 Å². The highest BCUT2D eigenvalue weighted by Gasteiger charge is 2.13. The second kappa shape index (κ2) is 6.04. The molecular formula is C17H23N3. The predicted octanol–water partition coefficient (Wildman–Crippen LogP) is 3.85. The summed E-state index contributed by atoms with van der Waals surface area (Å²) in [5, 5.41) is 3.20. The molecule has 0 aliphatic rings. The van der Waals surface area contributed by atoms with Crippen LogP contribution in [0.1, 0.15) is 48.0 Å². The maximum Gasteiger partial charge on any atom is 0.135 e. The van der Waals surface area contributed by atoms with Gasteiger partial charge in [-0.05, 0) is 25.3 Å². The first-order valence-corrected chi connectivity index (χ1v) is 7.12. The average Bonchev–Trinajstić information content (AvgIpc) is 2.40. The number of nitrogens with zero attached hydrogens (tertiary/aromatic N) is 2.